The Balaban J connectivity index is 1.20. The van der Waals surface area contributed by atoms with Crippen molar-refractivity contribution in [2.24, 2.45) is 0 Å². The summed E-state index contributed by atoms with van der Waals surface area (Å²) in [5.74, 6) is 2.12. The van der Waals surface area contributed by atoms with Crippen molar-refractivity contribution in [2.45, 2.75) is 40.0 Å². The molecular weight excluding hydrogens is 668 g/mol. The standard InChI is InChI=1S/C48H41FN4O/c1-4-32-23-24-50-47(25-32)53-43-18-8-7-17-41(43)42-22-21-39(30-46(42)53)54-40-27-35(48-33(5-2)13-11-14-34(48)6-3)26-38(29-40)52-31-51(37-16-12-15-36(49)28-37)44-19-9-10-20-45(44)52/h7-30H,4-6,31H2,1-3H3. The molecule has 54 heavy (non-hydrogen) atoms. The summed E-state index contributed by atoms with van der Waals surface area (Å²) in [7, 11) is 0. The maximum Gasteiger partial charge on any atom is 0.137 e. The molecule has 266 valence electrons. The number of hydrogen-bond acceptors (Lipinski definition) is 4. The zero-order chi connectivity index (χ0) is 36.8. The highest BCUT2D eigenvalue weighted by Gasteiger charge is 2.29. The van der Waals surface area contributed by atoms with Crippen LogP contribution in [-0.2, 0) is 19.3 Å². The van der Waals surface area contributed by atoms with Gasteiger partial charge >= 0.3 is 0 Å². The summed E-state index contributed by atoms with van der Waals surface area (Å²) in [5.41, 5.74) is 12.2. The molecule has 0 atom stereocenters. The van der Waals surface area contributed by atoms with E-state index in [1.165, 1.54) is 33.7 Å². The van der Waals surface area contributed by atoms with Crippen molar-refractivity contribution < 1.29 is 9.13 Å². The first-order valence-corrected chi connectivity index (χ1v) is 18.8. The van der Waals surface area contributed by atoms with Crippen LogP contribution >= 0.6 is 0 Å². The van der Waals surface area contributed by atoms with E-state index in [-0.39, 0.29) is 5.82 Å². The maximum absolute atomic E-state index is 14.5. The molecule has 5 nitrogen and oxygen atoms in total. The number of ether oxygens (including phenoxy) is 1. The summed E-state index contributed by atoms with van der Waals surface area (Å²) >= 11 is 0. The number of fused-ring (bicyclic) bond motifs is 4. The van der Waals surface area contributed by atoms with Gasteiger partial charge in [0.2, 0.25) is 0 Å². The summed E-state index contributed by atoms with van der Waals surface area (Å²) in [5, 5.41) is 2.32. The van der Waals surface area contributed by atoms with Crippen LogP contribution in [0.25, 0.3) is 38.8 Å². The zero-order valence-electron chi connectivity index (χ0n) is 30.8. The second-order valence-corrected chi connectivity index (χ2v) is 13.8. The van der Waals surface area contributed by atoms with Gasteiger partial charge in [-0.05, 0) is 120 Å². The Kier molecular flexibility index (Phi) is 8.58. The first kappa shape index (κ1) is 33.4. The fraction of sp³-hybridized carbons (Fsp3) is 0.146. The number of halogens is 1. The van der Waals surface area contributed by atoms with Gasteiger partial charge in [-0.25, -0.2) is 9.37 Å². The molecule has 0 radical (unpaired) electrons. The smallest absolute Gasteiger partial charge is 0.137 e. The predicted molar refractivity (Wildman–Crippen MR) is 221 cm³/mol. The minimum atomic E-state index is -0.255. The second kappa shape index (κ2) is 13.9. The van der Waals surface area contributed by atoms with Crippen molar-refractivity contribution in [3.05, 3.63) is 168 Å². The monoisotopic (exact) mass is 708 g/mol. The first-order chi connectivity index (χ1) is 26.5. The lowest BCUT2D eigenvalue weighted by atomic mass is 9.91. The number of nitrogens with zero attached hydrogens (tertiary/aromatic N) is 4. The van der Waals surface area contributed by atoms with Crippen LogP contribution in [0.2, 0.25) is 0 Å². The number of rotatable bonds is 9. The molecule has 0 fully saturated rings. The molecule has 9 rings (SSSR count). The van der Waals surface area contributed by atoms with Crippen LogP contribution in [0.3, 0.4) is 0 Å². The van der Waals surface area contributed by atoms with Gasteiger partial charge < -0.3 is 14.5 Å². The van der Waals surface area contributed by atoms with Gasteiger partial charge in [0.25, 0.3) is 0 Å². The zero-order valence-corrected chi connectivity index (χ0v) is 30.8. The van der Waals surface area contributed by atoms with Crippen LogP contribution in [0.1, 0.15) is 37.5 Å². The van der Waals surface area contributed by atoms with Crippen molar-refractivity contribution in [1.29, 1.82) is 0 Å². The Morgan fingerprint density at radius 1 is 0.593 bits per heavy atom. The van der Waals surface area contributed by atoms with Gasteiger partial charge in [-0.3, -0.25) is 4.57 Å². The molecule has 0 unspecified atom stereocenters. The highest BCUT2D eigenvalue weighted by Crippen LogP contribution is 2.47. The van der Waals surface area contributed by atoms with E-state index in [4.69, 9.17) is 9.72 Å². The van der Waals surface area contributed by atoms with Crippen LogP contribution in [0.15, 0.2) is 146 Å². The van der Waals surface area contributed by atoms with E-state index in [0.717, 1.165) is 81.3 Å². The molecule has 2 aromatic heterocycles. The fourth-order valence-corrected chi connectivity index (χ4v) is 8.06. The van der Waals surface area contributed by atoms with E-state index in [9.17, 15) is 4.39 Å². The van der Waals surface area contributed by atoms with E-state index in [1.807, 2.05) is 18.3 Å². The van der Waals surface area contributed by atoms with Gasteiger partial charge in [-0.15, -0.1) is 0 Å². The minimum Gasteiger partial charge on any atom is -0.457 e. The van der Waals surface area contributed by atoms with Gasteiger partial charge in [0.05, 0.1) is 22.4 Å². The molecule has 0 saturated carbocycles. The predicted octanol–water partition coefficient (Wildman–Crippen LogP) is 12.7. The Labute approximate surface area is 315 Å². The molecule has 3 heterocycles. The lowest BCUT2D eigenvalue weighted by Crippen LogP contribution is -2.24. The number of aryl methyl sites for hydroxylation is 3. The van der Waals surface area contributed by atoms with E-state index in [2.05, 4.69) is 144 Å². The van der Waals surface area contributed by atoms with E-state index < -0.39 is 0 Å². The average Bonchev–Trinajstić information content (AvgIpc) is 3.76. The largest absolute Gasteiger partial charge is 0.457 e. The van der Waals surface area contributed by atoms with Gasteiger partial charge in [0, 0.05) is 40.5 Å². The normalized spacial score (nSPS) is 12.5. The topological polar surface area (TPSA) is 33.5 Å². The van der Waals surface area contributed by atoms with Crippen molar-refractivity contribution in [3.8, 4) is 28.4 Å². The Bertz CT molecular complexity index is 2660. The molecule has 6 aromatic carbocycles. The Morgan fingerprint density at radius 2 is 1.31 bits per heavy atom. The summed E-state index contributed by atoms with van der Waals surface area (Å²) in [6, 6.07) is 47.4. The molecule has 6 heteroatoms. The number of anilines is 4. The first-order valence-electron chi connectivity index (χ1n) is 18.8. The van der Waals surface area contributed by atoms with Crippen molar-refractivity contribution in [3.63, 3.8) is 0 Å². The summed E-state index contributed by atoms with van der Waals surface area (Å²) in [6.07, 6.45) is 4.66. The quantitative estimate of drug-likeness (QED) is 0.149. The number of hydrogen-bond donors (Lipinski definition) is 0. The molecule has 0 amide bonds. The molecule has 8 aromatic rings. The van der Waals surface area contributed by atoms with Crippen LogP contribution < -0.4 is 14.5 Å². The molecule has 0 aliphatic carbocycles. The molecule has 0 bridgehead atoms. The van der Waals surface area contributed by atoms with E-state index in [1.54, 1.807) is 12.1 Å². The average molecular weight is 709 g/mol. The van der Waals surface area contributed by atoms with Gasteiger partial charge in [0.1, 0.15) is 29.8 Å². The van der Waals surface area contributed by atoms with E-state index >= 15 is 0 Å². The highest BCUT2D eigenvalue weighted by atomic mass is 19.1. The third-order valence-corrected chi connectivity index (χ3v) is 10.7. The summed E-state index contributed by atoms with van der Waals surface area (Å²) in [6.45, 7) is 7.12. The lowest BCUT2D eigenvalue weighted by Gasteiger charge is -2.24. The van der Waals surface area contributed by atoms with Crippen molar-refractivity contribution in [1.82, 2.24) is 9.55 Å². The summed E-state index contributed by atoms with van der Waals surface area (Å²) < 4.78 is 23.7. The molecule has 1 aliphatic rings. The number of aromatic nitrogens is 2. The van der Waals surface area contributed by atoms with Gasteiger partial charge in [-0.1, -0.05) is 75.4 Å². The minimum absolute atomic E-state index is 0.255. The second-order valence-electron chi connectivity index (χ2n) is 13.8. The van der Waals surface area contributed by atoms with Crippen molar-refractivity contribution >= 4 is 44.6 Å². The molecule has 1 aliphatic heterocycles. The number of pyridine rings is 1. The third kappa shape index (κ3) is 5.84. The Hall–Kier alpha value is -6.40. The van der Waals surface area contributed by atoms with Crippen LogP contribution in [0.5, 0.6) is 11.5 Å². The third-order valence-electron chi connectivity index (χ3n) is 10.7. The summed E-state index contributed by atoms with van der Waals surface area (Å²) in [4.78, 5) is 9.28. The molecule has 0 spiro atoms. The van der Waals surface area contributed by atoms with Crippen molar-refractivity contribution in [2.75, 3.05) is 16.5 Å². The lowest BCUT2D eigenvalue weighted by molar-refractivity contribution is 0.483. The highest BCUT2D eigenvalue weighted by molar-refractivity contribution is 6.09. The molecule has 0 N–H and O–H groups in total. The van der Waals surface area contributed by atoms with Crippen LogP contribution in [0.4, 0.5) is 27.1 Å². The molecule has 0 saturated heterocycles. The van der Waals surface area contributed by atoms with Gasteiger partial charge in [0.15, 0.2) is 0 Å². The number of para-hydroxylation sites is 3. The number of benzene rings is 6. The SMILES string of the molecule is CCc1ccnc(-n2c3ccccc3c3ccc(Oc4cc(-c5c(CC)cccc5CC)cc(N5CN(c6cccc(F)c6)c6ccccc65)c4)cc32)c1. The van der Waals surface area contributed by atoms with E-state index in [0.29, 0.717) is 6.67 Å². The Morgan fingerprint density at radius 3 is 2.07 bits per heavy atom. The van der Waals surface area contributed by atoms with Crippen LogP contribution in [-0.4, -0.2) is 16.2 Å². The van der Waals surface area contributed by atoms with Gasteiger partial charge in [-0.2, -0.15) is 0 Å². The fourth-order valence-electron chi connectivity index (χ4n) is 8.06. The molecular formula is C48H41FN4O. The maximum atomic E-state index is 14.5. The van der Waals surface area contributed by atoms with Crippen LogP contribution in [0, 0.1) is 5.82 Å².